The Hall–Kier alpha value is -2.80. The van der Waals surface area contributed by atoms with Crippen LogP contribution in [0.4, 0.5) is 0 Å². The Morgan fingerprint density at radius 2 is 2.00 bits per heavy atom. The molecule has 1 aromatic heterocycles. The molecular formula is C21H28N3O10P. The van der Waals surface area contributed by atoms with Crippen molar-refractivity contribution in [3.63, 3.8) is 0 Å². The van der Waals surface area contributed by atoms with Crippen LogP contribution in [-0.2, 0) is 28.1 Å². The van der Waals surface area contributed by atoms with Crippen molar-refractivity contribution in [1.82, 2.24) is 14.6 Å². The number of nitrogens with zero attached hydrogens (tertiary/aromatic N) is 1. The monoisotopic (exact) mass is 513 g/mol. The molecule has 192 valence electrons. The Morgan fingerprint density at radius 1 is 1.29 bits per heavy atom. The Morgan fingerprint density at radius 3 is 2.63 bits per heavy atom. The lowest BCUT2D eigenvalue weighted by atomic mass is 10.1. The van der Waals surface area contributed by atoms with Crippen molar-refractivity contribution in [2.75, 3.05) is 19.8 Å². The zero-order valence-corrected chi connectivity index (χ0v) is 20.3. The van der Waals surface area contributed by atoms with Crippen molar-refractivity contribution in [3.05, 3.63) is 63.4 Å². The molecular weight excluding hydrogens is 485 g/mol. The highest BCUT2D eigenvalue weighted by molar-refractivity contribution is 7.52. The summed E-state index contributed by atoms with van der Waals surface area (Å²) in [4.78, 5) is 37.7. The zero-order chi connectivity index (χ0) is 25.6. The van der Waals surface area contributed by atoms with E-state index in [4.69, 9.17) is 23.3 Å². The highest BCUT2D eigenvalue weighted by atomic mass is 31.2. The molecule has 35 heavy (non-hydrogen) atoms. The third kappa shape index (κ3) is 7.10. The number of aromatic nitrogens is 2. The normalized spacial score (nSPS) is 22.5. The number of ether oxygens (including phenoxy) is 3. The molecule has 4 atom stereocenters. The zero-order valence-electron chi connectivity index (χ0n) is 19.4. The molecule has 1 aliphatic rings. The van der Waals surface area contributed by atoms with Crippen LogP contribution in [0.1, 0.15) is 27.2 Å². The molecule has 0 saturated carbocycles. The molecule has 0 spiro atoms. The third-order valence-electron chi connectivity index (χ3n) is 4.73. The number of H-pyrrole nitrogens is 1. The van der Waals surface area contributed by atoms with Crippen molar-refractivity contribution < 1.29 is 37.7 Å². The molecule has 0 radical (unpaired) electrons. The van der Waals surface area contributed by atoms with Crippen molar-refractivity contribution >= 4 is 13.7 Å². The summed E-state index contributed by atoms with van der Waals surface area (Å²) < 4.78 is 42.0. The van der Waals surface area contributed by atoms with Crippen molar-refractivity contribution in [1.29, 1.82) is 0 Å². The number of rotatable bonds is 11. The predicted octanol–water partition coefficient (Wildman–Crippen LogP) is 0.904. The maximum Gasteiger partial charge on any atom is 0.459 e. The van der Waals surface area contributed by atoms with Crippen LogP contribution in [0.15, 0.2) is 52.2 Å². The van der Waals surface area contributed by atoms with Gasteiger partial charge in [0.25, 0.3) is 5.56 Å². The smallest absolute Gasteiger partial charge is 0.459 e. The molecule has 1 saturated heterocycles. The van der Waals surface area contributed by atoms with Crippen LogP contribution in [0, 0.1) is 0 Å². The maximum atomic E-state index is 13.6. The topological polar surface area (TPSA) is 167 Å². The van der Waals surface area contributed by atoms with Crippen molar-refractivity contribution in [3.8, 4) is 5.75 Å². The fraction of sp³-hybridized carbons (Fsp3) is 0.476. The van der Waals surface area contributed by atoms with Crippen LogP contribution in [-0.4, -0.2) is 58.2 Å². The van der Waals surface area contributed by atoms with Gasteiger partial charge in [0, 0.05) is 12.3 Å². The average Bonchev–Trinajstić information content (AvgIpc) is 3.23. The van der Waals surface area contributed by atoms with Gasteiger partial charge in [0.1, 0.15) is 17.4 Å². The molecule has 1 aliphatic heterocycles. The summed E-state index contributed by atoms with van der Waals surface area (Å²) in [6.45, 7) is 3.42. The molecule has 0 amide bonds. The number of carbonyl (C=O) groups excluding carboxylic acids is 1. The minimum atomic E-state index is -4.22. The van der Waals surface area contributed by atoms with Gasteiger partial charge in [-0.05, 0) is 32.9 Å². The molecule has 1 aromatic carbocycles. The number of carbonyl (C=O) groups is 1. The minimum Gasteiger partial charge on any atom is -0.462 e. The van der Waals surface area contributed by atoms with E-state index < -0.39 is 62.3 Å². The van der Waals surface area contributed by atoms with Gasteiger partial charge in [-0.15, -0.1) is 0 Å². The first kappa shape index (κ1) is 26.8. The first-order valence-electron chi connectivity index (χ1n) is 10.7. The standard InChI is InChI=1S/C21H28N3O10P/c1-14(2)32-18(27)15(3)23-35(29,34-16-7-5-4-6-8-16)31-13-21(11-25)12-30-20(33-21)24-10-9-17(26)22-19(24)28/h4-10,14-15,20,25H,11-13H2,1-3H3,(H,23,29)(H,22,26,28). The highest BCUT2D eigenvalue weighted by Gasteiger charge is 2.45. The molecule has 13 nitrogen and oxygen atoms in total. The summed E-state index contributed by atoms with van der Waals surface area (Å²) in [5.74, 6) is -0.470. The average molecular weight is 513 g/mol. The van der Waals surface area contributed by atoms with Crippen LogP contribution < -0.4 is 20.9 Å². The Kier molecular flexibility index (Phi) is 8.65. The summed E-state index contributed by atoms with van der Waals surface area (Å²) >= 11 is 0. The number of para-hydroxylation sites is 1. The third-order valence-corrected chi connectivity index (χ3v) is 6.35. The van der Waals surface area contributed by atoms with E-state index in [0.29, 0.717) is 0 Å². The second-order valence-corrected chi connectivity index (χ2v) is 9.80. The summed E-state index contributed by atoms with van der Waals surface area (Å²) in [7, 11) is -4.22. The second kappa shape index (κ2) is 11.3. The number of hydrogen-bond acceptors (Lipinski definition) is 10. The Bertz CT molecular complexity index is 1170. The molecule has 3 N–H and O–H groups in total. The number of aliphatic hydroxyl groups is 1. The Balaban J connectivity index is 1.77. The first-order valence-corrected chi connectivity index (χ1v) is 12.3. The molecule has 14 heteroatoms. The SMILES string of the molecule is CC(C)OC(=O)C(C)NP(=O)(OCC1(CO)COC(n2ccc(=O)[nH]c2=O)O1)Oc1ccccc1. The molecule has 1 fully saturated rings. The molecule has 4 unspecified atom stereocenters. The van der Waals surface area contributed by atoms with Gasteiger partial charge < -0.3 is 23.8 Å². The van der Waals surface area contributed by atoms with Crippen LogP contribution in [0.25, 0.3) is 0 Å². The lowest BCUT2D eigenvalue weighted by Crippen LogP contribution is -2.43. The van der Waals surface area contributed by atoms with Crippen molar-refractivity contribution in [2.45, 2.75) is 44.9 Å². The van der Waals surface area contributed by atoms with Crippen LogP contribution in [0.2, 0.25) is 0 Å². The van der Waals surface area contributed by atoms with E-state index in [1.807, 2.05) is 0 Å². The summed E-state index contributed by atoms with van der Waals surface area (Å²) in [5.41, 5.74) is -2.91. The number of esters is 1. The molecule has 0 bridgehead atoms. The van der Waals surface area contributed by atoms with Gasteiger partial charge in [0.2, 0.25) is 6.41 Å². The van der Waals surface area contributed by atoms with Crippen LogP contribution >= 0.6 is 7.75 Å². The quantitative estimate of drug-likeness (QED) is 0.288. The van der Waals surface area contributed by atoms with E-state index in [9.17, 15) is 24.1 Å². The summed E-state index contributed by atoms with van der Waals surface area (Å²) in [5, 5.41) is 12.5. The van der Waals surface area contributed by atoms with E-state index in [-0.39, 0.29) is 12.4 Å². The highest BCUT2D eigenvalue weighted by Crippen LogP contribution is 2.46. The molecule has 2 aromatic rings. The second-order valence-electron chi connectivity index (χ2n) is 8.11. The number of benzene rings is 1. The summed E-state index contributed by atoms with van der Waals surface area (Å²) in [6, 6.07) is 8.18. The lowest BCUT2D eigenvalue weighted by molar-refractivity contribution is -0.159. The van der Waals surface area contributed by atoms with Gasteiger partial charge in [-0.1, -0.05) is 18.2 Å². The van der Waals surface area contributed by atoms with Gasteiger partial charge in [0.15, 0.2) is 0 Å². The van der Waals surface area contributed by atoms with Crippen molar-refractivity contribution in [2.24, 2.45) is 0 Å². The van der Waals surface area contributed by atoms with E-state index in [1.165, 1.54) is 13.1 Å². The van der Waals surface area contributed by atoms with Gasteiger partial charge in [-0.3, -0.25) is 23.7 Å². The first-order chi connectivity index (χ1) is 16.5. The number of nitrogens with one attached hydrogen (secondary N) is 2. The van der Waals surface area contributed by atoms with Gasteiger partial charge in [0.05, 0.1) is 25.9 Å². The van der Waals surface area contributed by atoms with E-state index in [1.54, 1.807) is 44.2 Å². The van der Waals surface area contributed by atoms with Crippen LogP contribution in [0.5, 0.6) is 5.75 Å². The number of aromatic amines is 1. The van der Waals surface area contributed by atoms with Gasteiger partial charge in [-0.25, -0.2) is 9.36 Å². The van der Waals surface area contributed by atoms with E-state index >= 15 is 0 Å². The fourth-order valence-corrected chi connectivity index (χ4v) is 4.54. The minimum absolute atomic E-state index is 0.201. The fourth-order valence-electron chi connectivity index (χ4n) is 2.98. The largest absolute Gasteiger partial charge is 0.462 e. The summed E-state index contributed by atoms with van der Waals surface area (Å²) in [6.07, 6.45) is -0.498. The molecule has 3 rings (SSSR count). The van der Waals surface area contributed by atoms with E-state index in [2.05, 4.69) is 10.1 Å². The van der Waals surface area contributed by atoms with E-state index in [0.717, 1.165) is 10.6 Å². The maximum absolute atomic E-state index is 13.6. The lowest BCUT2D eigenvalue weighted by Gasteiger charge is -2.28. The molecule has 0 aliphatic carbocycles. The molecule has 2 heterocycles. The number of aliphatic hydroxyl groups excluding tert-OH is 1. The predicted molar refractivity (Wildman–Crippen MR) is 122 cm³/mol. The van der Waals surface area contributed by atoms with Crippen LogP contribution in [0.3, 0.4) is 0 Å². The number of hydrogen-bond donors (Lipinski definition) is 3. The van der Waals surface area contributed by atoms with Gasteiger partial charge in [-0.2, -0.15) is 5.09 Å². The van der Waals surface area contributed by atoms with Gasteiger partial charge >= 0.3 is 19.4 Å². The Labute approximate surface area is 200 Å².